The van der Waals surface area contributed by atoms with Crippen LogP contribution < -0.4 is 0 Å². The second-order valence-corrected chi connectivity index (χ2v) is 27.9. The zero-order valence-electron chi connectivity index (χ0n) is 30.7. The first-order valence-corrected chi connectivity index (χ1v) is 23.8. The van der Waals surface area contributed by atoms with E-state index in [4.69, 9.17) is 8.85 Å². The van der Waals surface area contributed by atoms with E-state index >= 15 is 0 Å². The summed E-state index contributed by atoms with van der Waals surface area (Å²) in [5, 5.41) is 10.8. The van der Waals surface area contributed by atoms with Gasteiger partial charge in [-0.1, -0.05) is 91.8 Å². The van der Waals surface area contributed by atoms with E-state index in [-0.39, 0.29) is 28.4 Å². The third kappa shape index (κ3) is 7.86. The van der Waals surface area contributed by atoms with Crippen LogP contribution >= 0.6 is 0 Å². The van der Waals surface area contributed by atoms with Crippen molar-refractivity contribution in [2.24, 2.45) is 29.1 Å². The second kappa shape index (κ2) is 13.1. The molecule has 0 heterocycles. The van der Waals surface area contributed by atoms with Gasteiger partial charge in [0.25, 0.3) is 0 Å². The molecule has 5 heteroatoms. The number of aliphatic hydroxyl groups excluding tert-OH is 1. The molecule has 0 aliphatic heterocycles. The summed E-state index contributed by atoms with van der Waals surface area (Å²) in [7, 11) is -3.90. The second-order valence-electron chi connectivity index (χ2n) is 18.4. The molecule has 3 nitrogen and oxygen atoms in total. The van der Waals surface area contributed by atoms with Crippen LogP contribution in [0.15, 0.2) is 47.6 Å². The number of hydrogen-bond donors (Lipinski definition) is 1. The molecule has 0 unspecified atom stereocenters. The van der Waals surface area contributed by atoms with E-state index in [1.807, 2.05) is 0 Å². The van der Waals surface area contributed by atoms with Gasteiger partial charge in [-0.15, -0.1) is 0 Å². The van der Waals surface area contributed by atoms with Gasteiger partial charge in [-0.3, -0.25) is 0 Å². The lowest BCUT2D eigenvalue weighted by atomic mass is 9.61. The first kappa shape index (κ1) is 36.1. The van der Waals surface area contributed by atoms with Crippen molar-refractivity contribution in [2.45, 2.75) is 168 Å². The van der Waals surface area contributed by atoms with Crippen molar-refractivity contribution < 1.29 is 14.0 Å². The summed E-state index contributed by atoms with van der Waals surface area (Å²) in [6, 6.07) is 0. The summed E-state index contributed by atoms with van der Waals surface area (Å²) in [5.41, 5.74) is 4.49. The highest BCUT2D eigenvalue weighted by Crippen LogP contribution is 2.59. The van der Waals surface area contributed by atoms with Crippen LogP contribution in [0.25, 0.3) is 0 Å². The topological polar surface area (TPSA) is 38.7 Å². The highest BCUT2D eigenvalue weighted by molar-refractivity contribution is 6.74. The molecule has 0 aromatic heterocycles. The Hall–Kier alpha value is -0.726. The van der Waals surface area contributed by atoms with E-state index < -0.39 is 16.6 Å². The molecule has 4 fully saturated rings. The quantitative estimate of drug-likeness (QED) is 0.201. The van der Waals surface area contributed by atoms with Gasteiger partial charge in [0, 0.05) is 6.42 Å². The van der Waals surface area contributed by atoms with Crippen LogP contribution in [-0.4, -0.2) is 40.1 Å². The Morgan fingerprint density at radius 1 is 0.909 bits per heavy atom. The van der Waals surface area contributed by atoms with Gasteiger partial charge < -0.3 is 14.0 Å². The Kier molecular flexibility index (Phi) is 10.7. The molecule has 0 aromatic carbocycles. The molecule has 4 saturated carbocycles. The zero-order chi connectivity index (χ0) is 32.9. The van der Waals surface area contributed by atoms with Gasteiger partial charge in [-0.25, -0.2) is 0 Å². The van der Waals surface area contributed by atoms with Gasteiger partial charge in [0.1, 0.15) is 0 Å². The van der Waals surface area contributed by atoms with Gasteiger partial charge >= 0.3 is 0 Å². The van der Waals surface area contributed by atoms with Crippen molar-refractivity contribution in [3.8, 4) is 0 Å². The molecule has 0 spiro atoms. The Labute approximate surface area is 274 Å². The number of allylic oxidation sites excluding steroid dienone is 4. The van der Waals surface area contributed by atoms with Crippen molar-refractivity contribution in [3.05, 3.63) is 47.6 Å². The Balaban J connectivity index is 1.57. The fraction of sp³-hybridized carbons (Fsp3) is 0.795. The van der Waals surface area contributed by atoms with Crippen molar-refractivity contribution >= 4 is 16.6 Å². The molecule has 0 radical (unpaired) electrons. The van der Waals surface area contributed by atoms with Crippen LogP contribution in [0.5, 0.6) is 0 Å². The van der Waals surface area contributed by atoms with Crippen molar-refractivity contribution in [1.29, 1.82) is 0 Å². The molecule has 7 atom stereocenters. The molecule has 250 valence electrons. The molecule has 4 aliphatic rings. The summed E-state index contributed by atoms with van der Waals surface area (Å²) in [6.45, 7) is 33.2. The molecule has 1 N–H and O–H groups in total. The Bertz CT molecular complexity index is 1130. The number of fused-ring (bicyclic) bond motifs is 1. The van der Waals surface area contributed by atoms with Crippen LogP contribution in [0.3, 0.4) is 0 Å². The normalized spacial score (nSPS) is 34.2. The van der Waals surface area contributed by atoms with E-state index in [1.165, 1.54) is 56.1 Å². The van der Waals surface area contributed by atoms with E-state index in [9.17, 15) is 5.11 Å². The summed E-state index contributed by atoms with van der Waals surface area (Å²) >= 11 is 0. The van der Waals surface area contributed by atoms with Crippen LogP contribution in [0.1, 0.15) is 113 Å². The van der Waals surface area contributed by atoms with Gasteiger partial charge in [-0.2, -0.15) is 0 Å². The predicted octanol–water partition coefficient (Wildman–Crippen LogP) is 11.1. The molecule has 44 heavy (non-hydrogen) atoms. The third-order valence-corrected chi connectivity index (χ3v) is 22.1. The highest BCUT2D eigenvalue weighted by atomic mass is 28.4. The minimum absolute atomic E-state index is 0.0233. The van der Waals surface area contributed by atoms with Crippen molar-refractivity contribution in [3.63, 3.8) is 0 Å². The Morgan fingerprint density at radius 2 is 1.52 bits per heavy atom. The first-order valence-electron chi connectivity index (χ1n) is 18.0. The Morgan fingerprint density at radius 3 is 2.11 bits per heavy atom. The summed E-state index contributed by atoms with van der Waals surface area (Å²) < 4.78 is 14.2. The van der Waals surface area contributed by atoms with Gasteiger partial charge in [0.15, 0.2) is 16.6 Å². The molecule has 0 aromatic rings. The molecule has 4 aliphatic carbocycles. The minimum atomic E-state index is -1.98. The van der Waals surface area contributed by atoms with Crippen LogP contribution in [0.2, 0.25) is 36.3 Å². The molecule has 0 saturated heterocycles. The molecular formula is C39H68O3Si2. The van der Waals surface area contributed by atoms with E-state index in [0.717, 1.165) is 12.8 Å². The standard InChI is InChI=1S/C39H68O3Si2/c1-27(16-23-35(40)30-18-19-30)33-21-22-34-29(15-14-24-39(33,34)9)17-20-31-25-32(41-43(10,11)37(3,4)5)26-36(28(31)2)42-44(12,13)38(6,7)8/h16-17,20,23,27,30,32-36,40H,2,14-15,18-19,21-22,24-26H2,1,3-13H3/b23-16+,29-17+,31-20+/t27-,32-,33-,34+,35+,36+,39-/m1/s1. The van der Waals surface area contributed by atoms with Crippen LogP contribution in [0, 0.1) is 29.1 Å². The number of rotatable bonds is 9. The van der Waals surface area contributed by atoms with E-state index in [2.05, 4.69) is 112 Å². The lowest BCUT2D eigenvalue weighted by Gasteiger charge is -2.45. The number of aliphatic hydroxyl groups is 1. The maximum absolute atomic E-state index is 10.5. The fourth-order valence-electron chi connectivity index (χ4n) is 7.93. The molecule has 0 bridgehead atoms. The minimum Gasteiger partial charge on any atom is -0.413 e. The zero-order valence-corrected chi connectivity index (χ0v) is 32.7. The highest BCUT2D eigenvalue weighted by Gasteiger charge is 2.50. The molecular weight excluding hydrogens is 573 g/mol. The summed E-state index contributed by atoms with van der Waals surface area (Å²) in [4.78, 5) is 0. The van der Waals surface area contributed by atoms with Gasteiger partial charge in [0.05, 0.1) is 18.3 Å². The number of hydrogen-bond acceptors (Lipinski definition) is 3. The lowest BCUT2D eigenvalue weighted by molar-refractivity contribution is 0.0969. The molecule has 4 rings (SSSR count). The average molecular weight is 641 g/mol. The van der Waals surface area contributed by atoms with Crippen molar-refractivity contribution in [2.75, 3.05) is 0 Å². The van der Waals surface area contributed by atoms with E-state index in [1.54, 1.807) is 5.57 Å². The van der Waals surface area contributed by atoms with Crippen molar-refractivity contribution in [1.82, 2.24) is 0 Å². The third-order valence-electron chi connectivity index (χ3n) is 13.1. The van der Waals surface area contributed by atoms with Crippen LogP contribution in [0.4, 0.5) is 0 Å². The fourth-order valence-corrected chi connectivity index (χ4v) is 10.6. The SMILES string of the molecule is C=C1/C(=C/C=C2\CCC[C@]3(C)[C@@H]([C@H](C)/C=C/[C@H](O)C4CC4)CC[C@@H]23)C[C@@H](O[Si](C)(C)C(C)(C)C)C[C@@H]1O[Si](C)(C)C(C)(C)C. The predicted molar refractivity (Wildman–Crippen MR) is 194 cm³/mol. The lowest BCUT2D eigenvalue weighted by Crippen LogP contribution is -2.49. The molecule has 0 amide bonds. The van der Waals surface area contributed by atoms with E-state index in [0.29, 0.717) is 29.1 Å². The largest absolute Gasteiger partial charge is 0.413 e. The summed E-state index contributed by atoms with van der Waals surface area (Å²) in [5.74, 6) is 2.35. The van der Waals surface area contributed by atoms with Crippen LogP contribution in [-0.2, 0) is 8.85 Å². The maximum atomic E-state index is 10.5. The first-order chi connectivity index (χ1) is 20.2. The monoisotopic (exact) mass is 640 g/mol. The van der Waals surface area contributed by atoms with Gasteiger partial charge in [0.2, 0.25) is 0 Å². The average Bonchev–Trinajstić information content (AvgIpc) is 3.68. The smallest absolute Gasteiger partial charge is 0.192 e. The van der Waals surface area contributed by atoms with Gasteiger partial charge in [-0.05, 0) is 128 Å². The maximum Gasteiger partial charge on any atom is 0.192 e. The summed E-state index contributed by atoms with van der Waals surface area (Å²) in [6.07, 6.45) is 19.9.